The number of fused-ring (bicyclic) bond motifs is 3. The maximum Gasteiger partial charge on any atom is 0.313 e. The van der Waals surface area contributed by atoms with Crippen LogP contribution < -0.4 is 52.5 Å². The molecule has 0 saturated carbocycles. The van der Waals surface area contributed by atoms with Gasteiger partial charge in [-0.2, -0.15) is 4.98 Å². The molecular weight excluding hydrogens is 1100 g/mol. The summed E-state index contributed by atoms with van der Waals surface area (Å²) in [6.07, 6.45) is -8.91. The first-order chi connectivity index (χ1) is 35.2. The number of aliphatic hydroxyl groups excluding tert-OH is 4. The average molecular weight is 1150 g/mol. The first-order valence-electron chi connectivity index (χ1n) is 20.9. The monoisotopic (exact) mass is 1150 g/mol. The van der Waals surface area contributed by atoms with E-state index in [0.717, 1.165) is 28.1 Å². The average Bonchev–Trinajstić information content (AvgIpc) is 4.10. The Bertz CT molecular complexity index is 3320. The maximum absolute atomic E-state index is 13.1. The van der Waals surface area contributed by atoms with E-state index in [1.165, 1.54) is 29.6 Å². The van der Waals surface area contributed by atoms with Crippen LogP contribution >= 0.6 is 31.3 Å². The van der Waals surface area contributed by atoms with Crippen molar-refractivity contribution in [3.05, 3.63) is 46.0 Å². The predicted octanol–water partition coefficient (Wildman–Crippen LogP) is -6.74. The van der Waals surface area contributed by atoms with E-state index in [1.54, 1.807) is 0 Å². The van der Waals surface area contributed by atoms with Crippen molar-refractivity contribution in [2.45, 2.75) is 49.2 Å². The van der Waals surface area contributed by atoms with Crippen molar-refractivity contribution >= 4 is 82.5 Å². The van der Waals surface area contributed by atoms with Gasteiger partial charge >= 0.3 is 5.65 Å². The zero-order valence-electron chi connectivity index (χ0n) is 38.3. The van der Waals surface area contributed by atoms with Crippen molar-refractivity contribution in [2.75, 3.05) is 70.6 Å². The normalized spacial score (nSPS) is 22.2. The molecule has 39 nitrogen and oxygen atoms in total. The SMILES string of the molecule is COC[C@@H](O[C@@H](COP(=O)([O-])OC[C@H]1O[C@@H](n2cnc3c(=O)[nH]c(N)nc32)[C@@H](O)C1O)COP(=O)([O-])OP(=O)([O-])OP(=O)([O-])OC[C@H](CO)O[C@H](CO)[n+]1cn(C)c2c(=O)[nH]c(N)nc21)n1cnc2c(N)ncnc21. The van der Waals surface area contributed by atoms with Gasteiger partial charge in [-0.25, -0.2) is 33.1 Å². The molecule has 75 heavy (non-hydrogen) atoms. The fraction of sp³-hybridized carbons (Fsp3) is 0.531. The first kappa shape index (κ1) is 57.6. The Hall–Kier alpha value is -5.15. The Morgan fingerprint density at radius 3 is 2.04 bits per heavy atom. The topological polar surface area (TPSA) is 574 Å². The van der Waals surface area contributed by atoms with Crippen molar-refractivity contribution < 1.29 is 108 Å². The Labute approximate surface area is 416 Å². The summed E-state index contributed by atoms with van der Waals surface area (Å²) in [5.74, 6) is -0.748. The number of ether oxygens (including phenoxy) is 4. The van der Waals surface area contributed by atoms with Gasteiger partial charge < -0.3 is 94.2 Å². The van der Waals surface area contributed by atoms with Gasteiger partial charge in [-0.05, 0) is 0 Å². The van der Waals surface area contributed by atoms with E-state index in [-0.39, 0.29) is 51.2 Å². The molecule has 6 aromatic heterocycles. The number of rotatable bonds is 27. The quantitative estimate of drug-likeness (QED) is 0.0171. The molecule has 5 unspecified atom stereocenters. The standard InChI is InChI=1S/C32H47N15O24P4/c1-44-13-47(27-21(44)29(53)43-32(35)41-27)17(4-49)67-14(3-48)5-64-73(56,57)70-75(60,61)71-74(58,59)65-7-15(68-18(9-62-2)45-11-38-19-24(33)36-10-37-25(19)45)6-63-72(54,55)66-8-16-22(50)23(51)30(69-16)46-12-39-20-26(46)40-31(34)42-28(20)52/h10-18,22-23,30,48-51H,3-9H2,1-2H3,(H11-,33,34,35,36,37,40,41,42,43,52,53,54,55,56,57,58,59,60,61)/p-3/t14-,15-,16+,17+,18+,22?,23-,30+/m0/s1. The lowest BCUT2D eigenvalue weighted by molar-refractivity contribution is -0.746. The minimum atomic E-state index is -6.58. The van der Waals surface area contributed by atoms with Gasteiger partial charge in [0.05, 0.1) is 59.3 Å². The fourth-order valence-corrected chi connectivity index (χ4v) is 11.2. The molecule has 7 rings (SSSR count). The van der Waals surface area contributed by atoms with Gasteiger partial charge in [-0.1, -0.05) is 4.98 Å². The smallest absolute Gasteiger partial charge is 0.313 e. The van der Waals surface area contributed by atoms with E-state index in [2.05, 4.69) is 57.5 Å². The summed E-state index contributed by atoms with van der Waals surface area (Å²) in [5, 5.41) is 41.4. The van der Waals surface area contributed by atoms with Gasteiger partial charge in [0, 0.05) is 7.11 Å². The van der Waals surface area contributed by atoms with E-state index in [1.807, 2.05) is 0 Å². The van der Waals surface area contributed by atoms with Crippen LogP contribution in [0.2, 0.25) is 0 Å². The van der Waals surface area contributed by atoms with Crippen LogP contribution in [0, 0.1) is 0 Å². The highest BCUT2D eigenvalue weighted by atomic mass is 31.3. The molecule has 1 saturated heterocycles. The molecular formula is C32H44N15O24P4-3. The lowest BCUT2D eigenvalue weighted by Gasteiger charge is -2.35. The van der Waals surface area contributed by atoms with Crippen LogP contribution in [0.4, 0.5) is 17.7 Å². The predicted molar refractivity (Wildman–Crippen MR) is 234 cm³/mol. The molecule has 0 aliphatic carbocycles. The Balaban J connectivity index is 0.999. The number of hydrogen-bond donors (Lipinski definition) is 9. The number of phosphoric acid groups is 4. The van der Waals surface area contributed by atoms with Gasteiger partial charge in [0.2, 0.25) is 17.7 Å². The molecule has 0 spiro atoms. The second kappa shape index (κ2) is 23.2. The van der Waals surface area contributed by atoms with E-state index < -0.39 is 138 Å². The summed E-state index contributed by atoms with van der Waals surface area (Å²) in [4.78, 5) is 104. The second-order valence-electron chi connectivity index (χ2n) is 15.5. The second-order valence-corrected chi connectivity index (χ2v) is 21.5. The van der Waals surface area contributed by atoms with Crippen molar-refractivity contribution in [3.8, 4) is 0 Å². The van der Waals surface area contributed by atoms with Crippen LogP contribution in [-0.2, 0) is 71.0 Å². The number of nitrogens with two attached hydrogens (primary N) is 3. The minimum absolute atomic E-state index is 0.00866. The molecule has 414 valence electrons. The number of aliphatic hydroxyl groups is 4. The molecule has 1 aliphatic rings. The number of aromatic amines is 2. The summed E-state index contributed by atoms with van der Waals surface area (Å²) in [6, 6.07) is 0. The lowest BCUT2D eigenvalue weighted by Crippen LogP contribution is -2.46. The highest BCUT2D eigenvalue weighted by molar-refractivity contribution is 7.65. The molecule has 0 amide bonds. The summed E-state index contributed by atoms with van der Waals surface area (Å²) in [6.45, 7) is -7.29. The minimum Gasteiger partial charge on any atom is -0.756 e. The Morgan fingerprint density at radius 1 is 0.760 bits per heavy atom. The molecule has 43 heteroatoms. The third-order valence-electron chi connectivity index (χ3n) is 10.3. The van der Waals surface area contributed by atoms with E-state index in [9.17, 15) is 67.8 Å². The molecule has 12 N–H and O–H groups in total. The number of H-pyrrole nitrogens is 2. The van der Waals surface area contributed by atoms with Crippen molar-refractivity contribution in [1.82, 2.24) is 53.6 Å². The number of aryl methyl sites for hydroxylation is 1. The lowest BCUT2D eigenvalue weighted by atomic mass is 10.1. The van der Waals surface area contributed by atoms with Crippen molar-refractivity contribution in [3.63, 3.8) is 0 Å². The molecule has 0 bridgehead atoms. The molecule has 7 heterocycles. The van der Waals surface area contributed by atoms with Gasteiger partial charge in [-0.3, -0.25) is 51.5 Å². The van der Waals surface area contributed by atoms with Crippen LogP contribution in [0.25, 0.3) is 33.5 Å². The van der Waals surface area contributed by atoms with Crippen LogP contribution in [0.15, 0.2) is 34.9 Å². The molecule has 12 atom stereocenters. The third kappa shape index (κ3) is 13.7. The highest BCUT2D eigenvalue weighted by Crippen LogP contribution is 2.63. The number of aromatic nitrogens is 12. The summed E-state index contributed by atoms with van der Waals surface area (Å²) in [5.41, 5.74) is 15.2. The molecule has 0 radical (unpaired) electrons. The summed E-state index contributed by atoms with van der Waals surface area (Å²) >= 11 is 0. The van der Waals surface area contributed by atoms with Gasteiger partial charge in [0.15, 0.2) is 41.4 Å². The maximum atomic E-state index is 13.1. The van der Waals surface area contributed by atoms with Crippen LogP contribution in [0.1, 0.15) is 18.7 Å². The Morgan fingerprint density at radius 2 is 1.39 bits per heavy atom. The number of nitrogens with one attached hydrogen (secondary N) is 2. The molecule has 1 aliphatic heterocycles. The van der Waals surface area contributed by atoms with Crippen LogP contribution in [0.5, 0.6) is 0 Å². The van der Waals surface area contributed by atoms with Crippen LogP contribution in [-0.4, -0.2) is 158 Å². The van der Waals surface area contributed by atoms with Crippen LogP contribution in [0.3, 0.4) is 0 Å². The number of phosphoric ester groups is 3. The van der Waals surface area contributed by atoms with E-state index >= 15 is 0 Å². The summed E-state index contributed by atoms with van der Waals surface area (Å²) < 4.78 is 105. The number of imidazole rings is 3. The van der Waals surface area contributed by atoms with E-state index in [4.69, 9.17) is 45.2 Å². The fourth-order valence-electron chi connectivity index (χ4n) is 7.05. The third-order valence-corrected chi connectivity index (χ3v) is 15.3. The number of hydrogen-bond acceptors (Lipinski definition) is 33. The van der Waals surface area contributed by atoms with E-state index in [0.29, 0.717) is 0 Å². The van der Waals surface area contributed by atoms with Crippen molar-refractivity contribution in [1.29, 1.82) is 0 Å². The molecule has 6 aromatic rings. The number of nitrogen functional groups attached to an aromatic ring is 3. The number of methoxy groups -OCH3 is 1. The first-order valence-corrected chi connectivity index (χ1v) is 26.8. The number of nitrogens with zero attached hydrogens (tertiary/aromatic N) is 10. The molecule has 1 fully saturated rings. The summed E-state index contributed by atoms with van der Waals surface area (Å²) in [7, 11) is -22.0. The zero-order chi connectivity index (χ0) is 54.8. The largest absolute Gasteiger partial charge is 0.756 e. The van der Waals surface area contributed by atoms with Gasteiger partial charge in [0.25, 0.3) is 48.4 Å². The Kier molecular flexibility index (Phi) is 17.8. The zero-order valence-corrected chi connectivity index (χ0v) is 41.9. The number of anilines is 3. The van der Waals surface area contributed by atoms with Gasteiger partial charge in [0.1, 0.15) is 49.0 Å². The molecule has 0 aromatic carbocycles. The highest BCUT2D eigenvalue weighted by Gasteiger charge is 2.45. The van der Waals surface area contributed by atoms with Gasteiger partial charge in [-0.15, -0.1) is 0 Å². The van der Waals surface area contributed by atoms with Crippen molar-refractivity contribution in [2.24, 2.45) is 7.05 Å².